The number of ketones is 1. The number of pyridine rings is 1. The van der Waals surface area contributed by atoms with Gasteiger partial charge < -0.3 is 4.52 Å². The van der Waals surface area contributed by atoms with E-state index >= 15 is 0 Å². The maximum atomic E-state index is 11.5. The van der Waals surface area contributed by atoms with E-state index in [1.54, 1.807) is 6.20 Å². The minimum Gasteiger partial charge on any atom is -0.338 e. The summed E-state index contributed by atoms with van der Waals surface area (Å²) in [6.07, 6.45) is 3.17. The van der Waals surface area contributed by atoms with E-state index in [4.69, 9.17) is 4.52 Å². The van der Waals surface area contributed by atoms with Gasteiger partial charge in [-0.05, 0) is 44.3 Å². The van der Waals surface area contributed by atoms with E-state index in [-0.39, 0.29) is 12.2 Å². The van der Waals surface area contributed by atoms with Crippen molar-refractivity contribution in [2.45, 2.75) is 26.2 Å². The highest BCUT2D eigenvalue weighted by Gasteiger charge is 2.15. The molecule has 0 spiro atoms. The summed E-state index contributed by atoms with van der Waals surface area (Å²) in [6, 6.07) is 1.85. The van der Waals surface area contributed by atoms with E-state index in [2.05, 4.69) is 47.0 Å². The normalized spacial score (nSPS) is 10.7. The second-order valence-corrected chi connectivity index (χ2v) is 5.73. The van der Waals surface area contributed by atoms with Crippen molar-refractivity contribution in [3.63, 3.8) is 0 Å². The number of carbonyl (C=O) groups is 1. The van der Waals surface area contributed by atoms with Crippen LogP contribution < -0.4 is 0 Å². The summed E-state index contributed by atoms with van der Waals surface area (Å²) in [4.78, 5) is 19.9. The molecule has 7 heteroatoms. The second kappa shape index (κ2) is 6.38. The SMILES string of the molecule is CCCC(=O)Cc1nc(-c2ncc(Br)cc2Br)no1. The van der Waals surface area contributed by atoms with Gasteiger partial charge in [0.05, 0.1) is 6.42 Å². The third kappa shape index (κ3) is 3.70. The van der Waals surface area contributed by atoms with Crippen molar-refractivity contribution in [3.05, 3.63) is 27.1 Å². The van der Waals surface area contributed by atoms with E-state index in [0.29, 0.717) is 23.8 Å². The Kier molecular flexibility index (Phi) is 4.81. The van der Waals surface area contributed by atoms with Crippen LogP contribution in [0.2, 0.25) is 0 Å². The predicted octanol–water partition coefficient (Wildman–Crippen LogP) is 3.57. The van der Waals surface area contributed by atoms with E-state index in [9.17, 15) is 4.79 Å². The number of hydrogen-bond acceptors (Lipinski definition) is 5. The predicted molar refractivity (Wildman–Crippen MR) is 76.5 cm³/mol. The van der Waals surface area contributed by atoms with Gasteiger partial charge in [0.1, 0.15) is 11.5 Å². The van der Waals surface area contributed by atoms with Gasteiger partial charge in [-0.3, -0.25) is 9.78 Å². The number of hydrogen-bond donors (Lipinski definition) is 0. The molecule has 0 aliphatic heterocycles. The maximum absolute atomic E-state index is 11.5. The van der Waals surface area contributed by atoms with Gasteiger partial charge in [-0.1, -0.05) is 12.1 Å². The highest BCUT2D eigenvalue weighted by atomic mass is 79.9. The Balaban J connectivity index is 2.18. The van der Waals surface area contributed by atoms with Crippen LogP contribution in [-0.2, 0) is 11.2 Å². The molecule has 2 aromatic rings. The van der Waals surface area contributed by atoms with Crippen LogP contribution in [0.25, 0.3) is 11.5 Å². The van der Waals surface area contributed by atoms with Crippen molar-refractivity contribution in [1.29, 1.82) is 0 Å². The average molecular weight is 389 g/mol. The van der Waals surface area contributed by atoms with Gasteiger partial charge in [0.2, 0.25) is 11.7 Å². The van der Waals surface area contributed by atoms with E-state index in [0.717, 1.165) is 15.4 Å². The minimum absolute atomic E-state index is 0.0977. The number of aromatic nitrogens is 3. The molecule has 0 amide bonds. The maximum Gasteiger partial charge on any atom is 0.234 e. The smallest absolute Gasteiger partial charge is 0.234 e. The zero-order valence-electron chi connectivity index (χ0n) is 10.2. The molecule has 2 heterocycles. The van der Waals surface area contributed by atoms with Crippen LogP contribution in [0.4, 0.5) is 0 Å². The van der Waals surface area contributed by atoms with Crippen LogP contribution in [0, 0.1) is 0 Å². The summed E-state index contributed by atoms with van der Waals surface area (Å²) in [5.74, 6) is 0.796. The van der Waals surface area contributed by atoms with Gasteiger partial charge >= 0.3 is 0 Å². The lowest BCUT2D eigenvalue weighted by Gasteiger charge is -1.97. The fourth-order valence-electron chi connectivity index (χ4n) is 1.54. The Morgan fingerprint density at radius 2 is 2.21 bits per heavy atom. The zero-order valence-corrected chi connectivity index (χ0v) is 13.4. The molecule has 0 bridgehead atoms. The first-order valence-corrected chi connectivity index (χ1v) is 7.34. The van der Waals surface area contributed by atoms with Crippen LogP contribution in [0.5, 0.6) is 0 Å². The molecule has 5 nitrogen and oxygen atoms in total. The first-order valence-electron chi connectivity index (χ1n) is 5.76. The zero-order chi connectivity index (χ0) is 13.8. The highest BCUT2D eigenvalue weighted by molar-refractivity contribution is 9.11. The van der Waals surface area contributed by atoms with Gasteiger partial charge in [0.15, 0.2) is 0 Å². The molecule has 0 atom stereocenters. The van der Waals surface area contributed by atoms with Gasteiger partial charge in [0, 0.05) is 21.6 Å². The van der Waals surface area contributed by atoms with Crippen LogP contribution in [0.1, 0.15) is 25.7 Å². The number of Topliss-reactive ketones (excluding diaryl/α,β-unsaturated/α-hetero) is 1. The molecule has 0 saturated heterocycles. The Labute approximate surface area is 127 Å². The Hall–Kier alpha value is -1.08. The molecule has 0 aliphatic carbocycles. The number of rotatable bonds is 5. The molecule has 0 fully saturated rings. The standard InChI is InChI=1S/C12H11Br2N3O2/c1-2-3-8(18)5-10-16-12(17-19-10)11-9(14)4-7(13)6-15-11/h4,6H,2-3,5H2,1H3. The van der Waals surface area contributed by atoms with Crippen molar-refractivity contribution in [2.24, 2.45) is 0 Å². The highest BCUT2D eigenvalue weighted by Crippen LogP contribution is 2.26. The summed E-state index contributed by atoms with van der Waals surface area (Å²) >= 11 is 6.71. The summed E-state index contributed by atoms with van der Waals surface area (Å²) < 4.78 is 6.68. The molecule has 0 aliphatic rings. The van der Waals surface area contributed by atoms with E-state index in [1.807, 2.05) is 13.0 Å². The molecule has 0 radical (unpaired) electrons. The topological polar surface area (TPSA) is 68.9 Å². The second-order valence-electron chi connectivity index (χ2n) is 3.96. The molecule has 0 N–H and O–H groups in total. The lowest BCUT2D eigenvalue weighted by molar-refractivity contribution is -0.118. The molecule has 19 heavy (non-hydrogen) atoms. The third-order valence-corrected chi connectivity index (χ3v) is 3.40. The van der Waals surface area contributed by atoms with Crippen LogP contribution in [-0.4, -0.2) is 20.9 Å². The molecular formula is C12H11Br2N3O2. The van der Waals surface area contributed by atoms with Crippen LogP contribution in [0.15, 0.2) is 25.7 Å². The summed E-state index contributed by atoms with van der Waals surface area (Å²) in [6.45, 7) is 1.96. The van der Waals surface area contributed by atoms with Crippen molar-refractivity contribution in [2.75, 3.05) is 0 Å². The third-order valence-electron chi connectivity index (χ3n) is 2.36. The Morgan fingerprint density at radius 1 is 1.42 bits per heavy atom. The average Bonchev–Trinajstić information content (AvgIpc) is 2.77. The van der Waals surface area contributed by atoms with Crippen molar-refractivity contribution in [1.82, 2.24) is 15.1 Å². The van der Waals surface area contributed by atoms with Crippen molar-refractivity contribution in [3.8, 4) is 11.5 Å². The fraction of sp³-hybridized carbons (Fsp3) is 0.333. The minimum atomic E-state index is 0.0977. The van der Waals surface area contributed by atoms with Gasteiger partial charge in [0.25, 0.3) is 0 Å². The Morgan fingerprint density at radius 3 is 2.89 bits per heavy atom. The largest absolute Gasteiger partial charge is 0.338 e. The van der Waals surface area contributed by atoms with Gasteiger partial charge in [-0.25, -0.2) is 0 Å². The van der Waals surface area contributed by atoms with Crippen molar-refractivity contribution < 1.29 is 9.32 Å². The summed E-state index contributed by atoms with van der Waals surface area (Å²) in [5.41, 5.74) is 0.584. The van der Waals surface area contributed by atoms with Crippen molar-refractivity contribution >= 4 is 37.6 Å². The molecule has 0 unspecified atom stereocenters. The van der Waals surface area contributed by atoms with Gasteiger partial charge in [-0.2, -0.15) is 4.98 Å². The van der Waals surface area contributed by atoms with Crippen LogP contribution >= 0.6 is 31.9 Å². The first-order chi connectivity index (χ1) is 9.10. The molecule has 2 aromatic heterocycles. The lowest BCUT2D eigenvalue weighted by atomic mass is 10.2. The van der Waals surface area contributed by atoms with E-state index in [1.165, 1.54) is 0 Å². The summed E-state index contributed by atoms with van der Waals surface area (Å²) in [7, 11) is 0. The quantitative estimate of drug-likeness (QED) is 0.783. The lowest BCUT2D eigenvalue weighted by Crippen LogP contribution is -2.01. The number of carbonyl (C=O) groups excluding carboxylic acids is 1. The van der Waals surface area contributed by atoms with E-state index < -0.39 is 0 Å². The Bertz CT molecular complexity index is 598. The molecule has 2 rings (SSSR count). The van der Waals surface area contributed by atoms with Crippen LogP contribution in [0.3, 0.4) is 0 Å². The monoisotopic (exact) mass is 387 g/mol. The first kappa shape index (κ1) is 14.3. The molecular weight excluding hydrogens is 378 g/mol. The summed E-state index contributed by atoms with van der Waals surface area (Å²) in [5, 5.41) is 3.84. The molecule has 0 saturated carbocycles. The molecule has 100 valence electrons. The number of halogens is 2. The number of nitrogens with zero attached hydrogens (tertiary/aromatic N) is 3. The fourth-order valence-corrected chi connectivity index (χ4v) is 2.70. The van der Waals surface area contributed by atoms with Gasteiger partial charge in [-0.15, -0.1) is 0 Å². The molecule has 0 aromatic carbocycles.